The molecular formula is C12H21NO2. The van der Waals surface area contributed by atoms with Gasteiger partial charge < -0.3 is 5.11 Å². The first kappa shape index (κ1) is 11.1. The predicted molar refractivity (Wildman–Crippen MR) is 58.6 cm³/mol. The summed E-state index contributed by atoms with van der Waals surface area (Å²) in [5.41, 5.74) is 0. The van der Waals surface area contributed by atoms with Gasteiger partial charge in [0.2, 0.25) is 0 Å². The number of β-amino-alcohol motifs (C(OH)–C–C–N with tert-alkyl or cyclic N) is 1. The van der Waals surface area contributed by atoms with Crippen molar-refractivity contribution in [1.29, 1.82) is 0 Å². The van der Waals surface area contributed by atoms with E-state index in [-0.39, 0.29) is 6.61 Å². The van der Waals surface area contributed by atoms with Crippen molar-refractivity contribution >= 4 is 5.78 Å². The van der Waals surface area contributed by atoms with Crippen molar-refractivity contribution in [3.05, 3.63) is 0 Å². The number of aliphatic hydroxyl groups is 1. The highest BCUT2D eigenvalue weighted by atomic mass is 16.3. The Bertz CT molecular complexity index is 242. The average Bonchev–Trinajstić information content (AvgIpc) is 2.21. The molecule has 0 radical (unpaired) electrons. The van der Waals surface area contributed by atoms with Gasteiger partial charge in [-0.15, -0.1) is 0 Å². The SMILES string of the molecule is CC[C@H]1[C@@H]2CCN(CCO)[C@H]1CC(=O)C2. The molecule has 1 saturated carbocycles. The molecule has 0 aromatic rings. The molecule has 1 N–H and O–H groups in total. The van der Waals surface area contributed by atoms with Crippen LogP contribution >= 0.6 is 0 Å². The van der Waals surface area contributed by atoms with Crippen molar-refractivity contribution in [2.45, 2.75) is 38.6 Å². The molecule has 3 nitrogen and oxygen atoms in total. The zero-order valence-electron chi connectivity index (χ0n) is 9.48. The van der Waals surface area contributed by atoms with Crippen LogP contribution in [0.25, 0.3) is 0 Å². The van der Waals surface area contributed by atoms with Gasteiger partial charge in [-0.2, -0.15) is 0 Å². The number of hydrogen-bond donors (Lipinski definition) is 1. The largest absolute Gasteiger partial charge is 0.395 e. The second kappa shape index (κ2) is 4.62. The summed E-state index contributed by atoms with van der Waals surface area (Å²) in [5.74, 6) is 1.73. The highest BCUT2D eigenvalue weighted by Crippen LogP contribution is 2.39. The molecule has 1 aliphatic heterocycles. The first-order valence-corrected chi connectivity index (χ1v) is 6.12. The first-order chi connectivity index (χ1) is 7.26. The van der Waals surface area contributed by atoms with E-state index in [2.05, 4.69) is 11.8 Å². The monoisotopic (exact) mass is 211 g/mol. The molecule has 0 aromatic heterocycles. The minimum Gasteiger partial charge on any atom is -0.395 e. The molecule has 15 heavy (non-hydrogen) atoms. The lowest BCUT2D eigenvalue weighted by atomic mass is 9.69. The van der Waals surface area contributed by atoms with Crippen LogP contribution < -0.4 is 0 Å². The third-order valence-corrected chi connectivity index (χ3v) is 4.14. The number of likely N-dealkylation sites (tertiary alicyclic amines) is 1. The number of carbonyl (C=O) groups is 1. The lowest BCUT2D eigenvalue weighted by Crippen LogP contribution is -2.53. The smallest absolute Gasteiger partial charge is 0.134 e. The number of fused-ring (bicyclic) bond motifs is 2. The third-order valence-electron chi connectivity index (χ3n) is 4.14. The summed E-state index contributed by atoms with van der Waals surface area (Å²) < 4.78 is 0. The Balaban J connectivity index is 2.10. The number of rotatable bonds is 3. The Morgan fingerprint density at radius 2 is 2.27 bits per heavy atom. The van der Waals surface area contributed by atoms with Gasteiger partial charge in [0.15, 0.2) is 0 Å². The van der Waals surface area contributed by atoms with Crippen molar-refractivity contribution in [2.75, 3.05) is 19.7 Å². The maximum absolute atomic E-state index is 11.6. The normalized spacial score (nSPS) is 36.9. The van der Waals surface area contributed by atoms with Crippen molar-refractivity contribution in [3.63, 3.8) is 0 Å². The summed E-state index contributed by atoms with van der Waals surface area (Å²) in [6, 6.07) is 0.419. The summed E-state index contributed by atoms with van der Waals surface area (Å²) in [5, 5.41) is 9.01. The molecule has 3 heteroatoms. The Kier molecular flexibility index (Phi) is 3.42. The summed E-state index contributed by atoms with van der Waals surface area (Å²) >= 11 is 0. The average molecular weight is 211 g/mol. The lowest BCUT2D eigenvalue weighted by Gasteiger charge is -2.48. The molecule has 2 bridgehead atoms. The van der Waals surface area contributed by atoms with Crippen LogP contribution in [-0.4, -0.2) is 41.5 Å². The molecule has 0 amide bonds. The first-order valence-electron chi connectivity index (χ1n) is 6.12. The van der Waals surface area contributed by atoms with E-state index in [1.54, 1.807) is 0 Å². The quantitative estimate of drug-likeness (QED) is 0.759. The maximum atomic E-state index is 11.6. The fourth-order valence-corrected chi connectivity index (χ4v) is 3.45. The van der Waals surface area contributed by atoms with Gasteiger partial charge in [-0.05, 0) is 24.8 Å². The zero-order chi connectivity index (χ0) is 10.8. The van der Waals surface area contributed by atoms with Crippen molar-refractivity contribution in [3.8, 4) is 0 Å². The minimum atomic E-state index is 0.214. The number of carbonyl (C=O) groups excluding carboxylic acids is 1. The molecule has 0 spiro atoms. The van der Waals surface area contributed by atoms with Gasteiger partial charge in [0, 0.05) is 25.4 Å². The number of piperidine rings is 1. The van der Waals surface area contributed by atoms with Crippen LogP contribution in [0.4, 0.5) is 0 Å². The van der Waals surface area contributed by atoms with E-state index in [4.69, 9.17) is 5.11 Å². The lowest BCUT2D eigenvalue weighted by molar-refractivity contribution is -0.128. The van der Waals surface area contributed by atoms with E-state index >= 15 is 0 Å². The molecule has 0 aromatic carbocycles. The van der Waals surface area contributed by atoms with E-state index in [1.807, 2.05) is 0 Å². The number of aliphatic hydroxyl groups excluding tert-OH is 1. The van der Waals surface area contributed by atoms with Crippen LogP contribution in [0.1, 0.15) is 32.6 Å². The number of ketones is 1. The van der Waals surface area contributed by atoms with E-state index in [1.165, 1.54) is 6.42 Å². The number of hydrogen-bond acceptors (Lipinski definition) is 3. The highest BCUT2D eigenvalue weighted by Gasteiger charge is 2.41. The molecule has 2 fully saturated rings. The van der Waals surface area contributed by atoms with Crippen molar-refractivity contribution < 1.29 is 9.90 Å². The zero-order valence-corrected chi connectivity index (χ0v) is 9.48. The fourth-order valence-electron chi connectivity index (χ4n) is 3.45. The summed E-state index contributed by atoms with van der Waals surface area (Å²) in [7, 11) is 0. The second-order valence-electron chi connectivity index (χ2n) is 4.89. The summed E-state index contributed by atoms with van der Waals surface area (Å²) in [6.07, 6.45) is 3.84. The molecule has 0 unspecified atom stereocenters. The van der Waals surface area contributed by atoms with Crippen molar-refractivity contribution in [1.82, 2.24) is 4.90 Å². The standard InChI is InChI=1S/C12H21NO2/c1-2-11-9-3-4-13(5-6-14)12(11)8-10(15)7-9/h9,11-12,14H,2-8H2,1H3/t9-,11+,12+/m1/s1. The van der Waals surface area contributed by atoms with Gasteiger partial charge in [-0.1, -0.05) is 13.3 Å². The van der Waals surface area contributed by atoms with Crippen molar-refractivity contribution in [2.24, 2.45) is 11.8 Å². The molecule has 1 saturated heterocycles. The Hall–Kier alpha value is -0.410. The predicted octanol–water partition coefficient (Wildman–Crippen LogP) is 1.06. The molecular weight excluding hydrogens is 190 g/mol. The Labute approximate surface area is 91.5 Å². The molecule has 3 atom stereocenters. The minimum absolute atomic E-state index is 0.214. The van der Waals surface area contributed by atoms with Gasteiger partial charge in [0.1, 0.15) is 5.78 Å². The van der Waals surface area contributed by atoms with E-state index in [9.17, 15) is 4.79 Å². The number of nitrogens with zero attached hydrogens (tertiary/aromatic N) is 1. The molecule has 86 valence electrons. The fraction of sp³-hybridized carbons (Fsp3) is 0.917. The van der Waals surface area contributed by atoms with Crippen LogP contribution in [0.3, 0.4) is 0 Å². The Morgan fingerprint density at radius 1 is 1.47 bits per heavy atom. The summed E-state index contributed by atoms with van der Waals surface area (Å²) in [6.45, 7) is 4.25. The van der Waals surface area contributed by atoms with Crippen LogP contribution in [0.15, 0.2) is 0 Å². The Morgan fingerprint density at radius 3 is 2.93 bits per heavy atom. The maximum Gasteiger partial charge on any atom is 0.134 e. The third kappa shape index (κ3) is 2.08. The van der Waals surface area contributed by atoms with Crippen LogP contribution in [-0.2, 0) is 4.79 Å². The van der Waals surface area contributed by atoms with Crippen LogP contribution in [0.5, 0.6) is 0 Å². The van der Waals surface area contributed by atoms with Gasteiger partial charge in [0.05, 0.1) is 6.61 Å². The topological polar surface area (TPSA) is 40.5 Å². The van der Waals surface area contributed by atoms with Crippen LogP contribution in [0, 0.1) is 11.8 Å². The number of Topliss-reactive ketones (excluding diaryl/α,β-unsaturated/α-hetero) is 1. The summed E-state index contributed by atoms with van der Waals surface area (Å²) in [4.78, 5) is 13.9. The molecule has 2 aliphatic rings. The van der Waals surface area contributed by atoms with Gasteiger partial charge in [-0.25, -0.2) is 0 Å². The molecule has 1 heterocycles. The second-order valence-corrected chi connectivity index (χ2v) is 4.89. The van der Waals surface area contributed by atoms with E-state index < -0.39 is 0 Å². The molecule has 2 rings (SSSR count). The van der Waals surface area contributed by atoms with E-state index in [0.29, 0.717) is 23.7 Å². The van der Waals surface area contributed by atoms with Crippen LogP contribution in [0.2, 0.25) is 0 Å². The van der Waals surface area contributed by atoms with Gasteiger partial charge in [-0.3, -0.25) is 9.69 Å². The van der Waals surface area contributed by atoms with E-state index in [0.717, 1.165) is 32.4 Å². The molecule has 1 aliphatic carbocycles. The van der Waals surface area contributed by atoms with Gasteiger partial charge >= 0.3 is 0 Å². The van der Waals surface area contributed by atoms with Gasteiger partial charge in [0.25, 0.3) is 0 Å². The highest BCUT2D eigenvalue weighted by molar-refractivity contribution is 5.80.